The maximum absolute atomic E-state index is 13.6. The Morgan fingerprint density at radius 1 is 0.971 bits per heavy atom. The first-order valence-corrected chi connectivity index (χ1v) is 11.3. The number of nitrogens with zero attached hydrogens (tertiary/aromatic N) is 3. The van der Waals surface area contributed by atoms with Crippen LogP contribution in [0, 0.1) is 6.92 Å². The van der Waals surface area contributed by atoms with Crippen LogP contribution in [0.2, 0.25) is 0 Å². The molecule has 0 bridgehead atoms. The van der Waals surface area contributed by atoms with E-state index in [4.69, 9.17) is 15.2 Å². The summed E-state index contributed by atoms with van der Waals surface area (Å²) in [6.45, 7) is 4.98. The predicted molar refractivity (Wildman–Crippen MR) is 133 cm³/mol. The maximum atomic E-state index is 13.6. The van der Waals surface area contributed by atoms with Crippen LogP contribution < -0.4 is 25.0 Å². The van der Waals surface area contributed by atoms with Gasteiger partial charge in [-0.1, -0.05) is 0 Å². The highest BCUT2D eigenvalue weighted by Crippen LogP contribution is 2.34. The van der Waals surface area contributed by atoms with E-state index in [-0.39, 0.29) is 11.8 Å². The fourth-order valence-corrected chi connectivity index (χ4v) is 4.48. The van der Waals surface area contributed by atoms with Crippen molar-refractivity contribution in [3.8, 4) is 11.5 Å². The van der Waals surface area contributed by atoms with Crippen molar-refractivity contribution in [1.82, 2.24) is 0 Å². The molecule has 2 amide bonds. The van der Waals surface area contributed by atoms with Crippen molar-refractivity contribution >= 4 is 34.6 Å². The number of hydrogen-bond acceptors (Lipinski definition) is 6. The van der Waals surface area contributed by atoms with E-state index in [0.29, 0.717) is 48.0 Å². The molecule has 2 aromatic rings. The summed E-state index contributed by atoms with van der Waals surface area (Å²) in [5.41, 5.74) is 11.0. The van der Waals surface area contributed by atoms with Crippen molar-refractivity contribution < 1.29 is 19.1 Å². The lowest BCUT2D eigenvalue weighted by atomic mass is 9.97. The zero-order chi connectivity index (χ0) is 24.4. The summed E-state index contributed by atoms with van der Waals surface area (Å²) in [6, 6.07) is 11.0. The minimum atomic E-state index is -0.217. The normalized spacial score (nSPS) is 19.1. The minimum absolute atomic E-state index is 0.141. The van der Waals surface area contributed by atoms with Crippen molar-refractivity contribution in [1.29, 1.82) is 0 Å². The Labute approximate surface area is 199 Å². The number of anilines is 2. The molecule has 2 aromatic carbocycles. The Morgan fingerprint density at radius 3 is 2.35 bits per heavy atom. The molecular weight excluding hydrogens is 432 g/mol. The molecule has 34 heavy (non-hydrogen) atoms. The van der Waals surface area contributed by atoms with Gasteiger partial charge in [0.2, 0.25) is 5.91 Å². The molecular formula is C26H30N4O4. The van der Waals surface area contributed by atoms with E-state index in [1.165, 1.54) is 0 Å². The quantitative estimate of drug-likeness (QED) is 0.727. The average molecular weight is 463 g/mol. The Hall–Kier alpha value is -3.81. The summed E-state index contributed by atoms with van der Waals surface area (Å²) >= 11 is 0. The molecule has 0 atom stereocenters. The van der Waals surface area contributed by atoms with Crippen molar-refractivity contribution in [3.63, 3.8) is 0 Å². The highest BCUT2D eigenvalue weighted by molar-refractivity contribution is 6.50. The van der Waals surface area contributed by atoms with Gasteiger partial charge in [0.1, 0.15) is 5.71 Å². The van der Waals surface area contributed by atoms with Crippen LogP contribution in [-0.2, 0) is 9.59 Å². The summed E-state index contributed by atoms with van der Waals surface area (Å²) in [7, 11) is 3.12. The van der Waals surface area contributed by atoms with Gasteiger partial charge in [0.05, 0.1) is 19.9 Å². The molecule has 4 rings (SSSR count). The third-order valence-electron chi connectivity index (χ3n) is 6.26. The molecule has 0 aromatic heterocycles. The maximum Gasteiger partial charge on any atom is 0.277 e. The first-order chi connectivity index (χ1) is 16.3. The lowest BCUT2D eigenvalue weighted by Crippen LogP contribution is -2.43. The van der Waals surface area contributed by atoms with Crippen LogP contribution in [0.15, 0.2) is 52.7 Å². The summed E-state index contributed by atoms with van der Waals surface area (Å²) in [5.74, 6) is 1.04. The highest BCUT2D eigenvalue weighted by atomic mass is 16.5. The van der Waals surface area contributed by atoms with E-state index >= 15 is 0 Å². The number of aryl methyl sites for hydroxylation is 1. The van der Waals surface area contributed by atoms with Gasteiger partial charge in [-0.15, -0.1) is 0 Å². The van der Waals surface area contributed by atoms with Crippen molar-refractivity contribution in [2.24, 2.45) is 10.7 Å². The second kappa shape index (κ2) is 9.59. The Morgan fingerprint density at radius 2 is 1.74 bits per heavy atom. The predicted octanol–water partition coefficient (Wildman–Crippen LogP) is 3.88. The van der Waals surface area contributed by atoms with Crippen LogP contribution in [-0.4, -0.2) is 44.8 Å². The van der Waals surface area contributed by atoms with Crippen LogP contribution in [0.25, 0.3) is 0 Å². The van der Waals surface area contributed by atoms with Crippen molar-refractivity contribution in [2.75, 3.05) is 37.1 Å². The first kappa shape index (κ1) is 23.4. The fraction of sp³-hybridized carbons (Fsp3) is 0.346. The van der Waals surface area contributed by atoms with E-state index in [2.05, 4.69) is 4.99 Å². The van der Waals surface area contributed by atoms with Crippen LogP contribution >= 0.6 is 0 Å². The number of aliphatic imine (C=N–C) groups is 1. The van der Waals surface area contributed by atoms with E-state index in [0.717, 1.165) is 35.5 Å². The molecule has 2 heterocycles. The first-order valence-electron chi connectivity index (χ1n) is 11.3. The number of amides is 2. The molecule has 8 nitrogen and oxygen atoms in total. The summed E-state index contributed by atoms with van der Waals surface area (Å²) in [6.07, 6.45) is 2.04. The van der Waals surface area contributed by atoms with Gasteiger partial charge in [0.25, 0.3) is 5.91 Å². The number of benzene rings is 2. The lowest BCUT2D eigenvalue weighted by molar-refractivity contribution is -0.117. The van der Waals surface area contributed by atoms with Crippen LogP contribution in [0.3, 0.4) is 0 Å². The summed E-state index contributed by atoms with van der Waals surface area (Å²) in [5, 5.41) is 0. The monoisotopic (exact) mass is 462 g/mol. The number of methoxy groups -OCH3 is 2. The molecule has 0 radical (unpaired) electrons. The Balaban J connectivity index is 1.69. The molecule has 0 spiro atoms. The number of carbonyl (C=O) groups is 2. The van der Waals surface area contributed by atoms with E-state index in [1.807, 2.05) is 30.0 Å². The molecule has 2 N–H and O–H groups in total. The van der Waals surface area contributed by atoms with E-state index in [1.54, 1.807) is 44.2 Å². The van der Waals surface area contributed by atoms with Gasteiger partial charge in [-0.2, -0.15) is 0 Å². The standard InChI is InChI=1S/C26H30N4O4/c1-16-14-19(8-9-21(16)30-12-5-6-24(30)31)29-13-11-20(17(2)27)25(26(29)32)28-18-7-10-22(33-3)23(15-18)34-4/h7-10,14-15H,5-6,11-13,27H2,1-4H3. The van der Waals surface area contributed by atoms with Gasteiger partial charge >= 0.3 is 0 Å². The van der Waals surface area contributed by atoms with E-state index in [9.17, 15) is 9.59 Å². The van der Waals surface area contributed by atoms with Gasteiger partial charge in [0.15, 0.2) is 11.5 Å². The SMILES string of the molecule is COc1ccc(N=C2C(=O)N(c3ccc(N4CCCC4=O)c(C)c3)CCC2=C(C)N)cc1OC. The van der Waals surface area contributed by atoms with Gasteiger partial charge in [-0.25, -0.2) is 4.99 Å². The molecule has 0 unspecified atom stereocenters. The number of hydrogen-bond donors (Lipinski definition) is 1. The van der Waals surface area contributed by atoms with Gasteiger partial charge in [-0.05, 0) is 62.6 Å². The largest absolute Gasteiger partial charge is 0.493 e. The fourth-order valence-electron chi connectivity index (χ4n) is 4.48. The number of rotatable bonds is 5. The summed E-state index contributed by atoms with van der Waals surface area (Å²) < 4.78 is 10.7. The number of nitrogens with two attached hydrogens (primary N) is 1. The second-order valence-electron chi connectivity index (χ2n) is 8.49. The summed E-state index contributed by atoms with van der Waals surface area (Å²) in [4.78, 5) is 34.0. The Bertz CT molecular complexity index is 1200. The van der Waals surface area contributed by atoms with Gasteiger partial charge < -0.3 is 25.0 Å². The molecule has 8 heteroatoms. The molecule has 2 saturated heterocycles. The second-order valence-corrected chi connectivity index (χ2v) is 8.49. The third kappa shape index (κ3) is 4.35. The molecule has 2 aliphatic rings. The molecule has 0 saturated carbocycles. The third-order valence-corrected chi connectivity index (χ3v) is 6.26. The van der Waals surface area contributed by atoms with Crippen molar-refractivity contribution in [3.05, 3.63) is 53.2 Å². The molecule has 2 fully saturated rings. The average Bonchev–Trinajstić information content (AvgIpc) is 3.25. The number of ether oxygens (including phenoxy) is 2. The number of allylic oxidation sites excluding steroid dienone is 1. The topological polar surface area (TPSA) is 97.5 Å². The zero-order valence-corrected chi connectivity index (χ0v) is 20.1. The minimum Gasteiger partial charge on any atom is -0.493 e. The Kier molecular flexibility index (Phi) is 6.58. The molecule has 178 valence electrons. The van der Waals surface area contributed by atoms with Gasteiger partial charge in [0, 0.05) is 48.2 Å². The lowest BCUT2D eigenvalue weighted by Gasteiger charge is -2.31. The van der Waals surface area contributed by atoms with Crippen molar-refractivity contribution in [2.45, 2.75) is 33.1 Å². The van der Waals surface area contributed by atoms with Crippen LogP contribution in [0.1, 0.15) is 31.7 Å². The smallest absolute Gasteiger partial charge is 0.277 e. The molecule has 0 aliphatic carbocycles. The number of piperidine rings is 1. The zero-order valence-electron chi connectivity index (χ0n) is 20.1. The van der Waals surface area contributed by atoms with Gasteiger partial charge in [-0.3, -0.25) is 9.59 Å². The molecule has 2 aliphatic heterocycles. The highest BCUT2D eigenvalue weighted by Gasteiger charge is 2.31. The van der Waals surface area contributed by atoms with Crippen LogP contribution in [0.5, 0.6) is 11.5 Å². The number of carbonyl (C=O) groups excluding carboxylic acids is 2. The van der Waals surface area contributed by atoms with Crippen LogP contribution in [0.4, 0.5) is 17.1 Å². The van der Waals surface area contributed by atoms with E-state index < -0.39 is 0 Å².